The minimum absolute atomic E-state index is 0.459. The van der Waals surface area contributed by atoms with Crippen LogP contribution in [0.1, 0.15) is 18.4 Å². The second-order valence-electron chi connectivity index (χ2n) is 3.97. The van der Waals surface area contributed by atoms with Crippen molar-refractivity contribution in [3.05, 3.63) is 28.2 Å². The molecule has 5 heteroatoms. The van der Waals surface area contributed by atoms with Crippen LogP contribution < -0.4 is 4.90 Å². The molecule has 1 aromatic carbocycles. The van der Waals surface area contributed by atoms with Crippen molar-refractivity contribution >= 4 is 27.6 Å². The maximum atomic E-state index is 11.1. The predicted octanol–water partition coefficient (Wildman–Crippen LogP) is 2.37. The SMILES string of the molecule is N#Cc1ccc(N2CCCC2C(=O)O)c(Br)c1. The Balaban J connectivity index is 2.34. The minimum Gasteiger partial charge on any atom is -0.480 e. The van der Waals surface area contributed by atoms with Gasteiger partial charge in [0.2, 0.25) is 0 Å². The molecule has 0 bridgehead atoms. The van der Waals surface area contributed by atoms with E-state index < -0.39 is 12.0 Å². The zero-order chi connectivity index (χ0) is 12.4. The molecule has 1 aliphatic heterocycles. The van der Waals surface area contributed by atoms with Gasteiger partial charge in [-0.25, -0.2) is 4.79 Å². The van der Waals surface area contributed by atoms with Gasteiger partial charge in [-0.15, -0.1) is 0 Å². The molecule has 0 spiro atoms. The highest BCUT2D eigenvalue weighted by Gasteiger charge is 2.31. The standard InChI is InChI=1S/C12H11BrN2O2/c13-9-6-8(7-14)3-4-10(9)15-5-1-2-11(15)12(16)17/h3-4,6,11H,1-2,5H2,(H,16,17). The molecule has 1 aliphatic rings. The number of aliphatic carboxylic acids is 1. The fraction of sp³-hybridized carbons (Fsp3) is 0.333. The minimum atomic E-state index is -0.793. The maximum Gasteiger partial charge on any atom is 0.326 e. The lowest BCUT2D eigenvalue weighted by Crippen LogP contribution is -2.36. The molecule has 1 fully saturated rings. The zero-order valence-corrected chi connectivity index (χ0v) is 10.6. The van der Waals surface area contributed by atoms with Crippen LogP contribution >= 0.6 is 15.9 Å². The van der Waals surface area contributed by atoms with Crippen LogP contribution in [-0.2, 0) is 4.79 Å². The Bertz CT molecular complexity index is 496. The lowest BCUT2D eigenvalue weighted by molar-refractivity contribution is -0.138. The van der Waals surface area contributed by atoms with E-state index in [1.54, 1.807) is 18.2 Å². The molecule has 0 amide bonds. The summed E-state index contributed by atoms with van der Waals surface area (Å²) in [6.07, 6.45) is 1.55. The average molecular weight is 295 g/mol. The Kier molecular flexibility index (Phi) is 3.34. The van der Waals surface area contributed by atoms with Crippen molar-refractivity contribution in [2.45, 2.75) is 18.9 Å². The Hall–Kier alpha value is -1.54. The third kappa shape index (κ3) is 2.27. The molecule has 0 aliphatic carbocycles. The van der Waals surface area contributed by atoms with Crippen LogP contribution in [0.2, 0.25) is 0 Å². The Morgan fingerprint density at radius 2 is 2.35 bits per heavy atom. The van der Waals surface area contributed by atoms with E-state index >= 15 is 0 Å². The van der Waals surface area contributed by atoms with Gasteiger partial charge in [-0.1, -0.05) is 0 Å². The van der Waals surface area contributed by atoms with Crippen LogP contribution in [0.15, 0.2) is 22.7 Å². The fourth-order valence-electron chi connectivity index (χ4n) is 2.12. The molecule has 1 atom stereocenters. The largest absolute Gasteiger partial charge is 0.480 e. The third-order valence-corrected chi connectivity index (χ3v) is 3.56. The fourth-order valence-corrected chi connectivity index (χ4v) is 2.73. The summed E-state index contributed by atoms with van der Waals surface area (Å²) in [7, 11) is 0. The smallest absolute Gasteiger partial charge is 0.326 e. The molecule has 88 valence electrons. The molecule has 0 radical (unpaired) electrons. The maximum absolute atomic E-state index is 11.1. The van der Waals surface area contributed by atoms with Gasteiger partial charge >= 0.3 is 5.97 Å². The van der Waals surface area contributed by atoms with Gasteiger partial charge in [0.1, 0.15) is 6.04 Å². The van der Waals surface area contributed by atoms with Gasteiger partial charge < -0.3 is 10.0 Å². The monoisotopic (exact) mass is 294 g/mol. The van der Waals surface area contributed by atoms with Crippen LogP contribution in [-0.4, -0.2) is 23.7 Å². The number of nitriles is 1. The number of hydrogen-bond acceptors (Lipinski definition) is 3. The van der Waals surface area contributed by atoms with Crippen molar-refractivity contribution in [1.82, 2.24) is 0 Å². The van der Waals surface area contributed by atoms with Gasteiger partial charge in [-0.05, 0) is 47.0 Å². The van der Waals surface area contributed by atoms with E-state index in [9.17, 15) is 4.79 Å². The Morgan fingerprint density at radius 1 is 1.59 bits per heavy atom. The van der Waals surface area contributed by atoms with Crippen LogP contribution in [0.25, 0.3) is 0 Å². The Morgan fingerprint density at radius 3 is 2.94 bits per heavy atom. The number of benzene rings is 1. The summed E-state index contributed by atoms with van der Waals surface area (Å²) in [5.74, 6) is -0.793. The Labute approximate surface area is 108 Å². The van der Waals surface area contributed by atoms with Gasteiger partial charge in [0.15, 0.2) is 0 Å². The lowest BCUT2D eigenvalue weighted by atomic mass is 10.2. The predicted molar refractivity (Wildman–Crippen MR) is 66.9 cm³/mol. The molecular weight excluding hydrogens is 284 g/mol. The highest BCUT2D eigenvalue weighted by Crippen LogP contribution is 2.32. The van der Waals surface area contributed by atoms with E-state index in [4.69, 9.17) is 10.4 Å². The van der Waals surface area contributed by atoms with Gasteiger partial charge in [-0.3, -0.25) is 0 Å². The van der Waals surface area contributed by atoms with Crippen molar-refractivity contribution in [1.29, 1.82) is 5.26 Å². The van der Waals surface area contributed by atoms with Crippen LogP contribution in [0.4, 0.5) is 5.69 Å². The quantitative estimate of drug-likeness (QED) is 0.909. The van der Waals surface area contributed by atoms with E-state index in [0.717, 1.165) is 23.1 Å². The summed E-state index contributed by atoms with van der Waals surface area (Å²) >= 11 is 3.39. The lowest BCUT2D eigenvalue weighted by Gasteiger charge is -2.24. The van der Waals surface area contributed by atoms with Crippen LogP contribution in [0.5, 0.6) is 0 Å². The summed E-state index contributed by atoms with van der Waals surface area (Å²) < 4.78 is 0.768. The highest BCUT2D eigenvalue weighted by atomic mass is 79.9. The number of hydrogen-bond donors (Lipinski definition) is 1. The highest BCUT2D eigenvalue weighted by molar-refractivity contribution is 9.10. The molecule has 1 aromatic rings. The van der Waals surface area contributed by atoms with Crippen LogP contribution in [0, 0.1) is 11.3 Å². The summed E-state index contributed by atoms with van der Waals surface area (Å²) in [6.45, 7) is 0.738. The average Bonchev–Trinajstić information content (AvgIpc) is 2.77. The molecule has 0 saturated carbocycles. The van der Waals surface area contributed by atoms with E-state index in [1.807, 2.05) is 4.90 Å². The number of rotatable bonds is 2. The molecule has 1 saturated heterocycles. The second kappa shape index (κ2) is 4.76. The van der Waals surface area contributed by atoms with Gasteiger partial charge in [0.25, 0.3) is 0 Å². The molecule has 1 unspecified atom stereocenters. The zero-order valence-electron chi connectivity index (χ0n) is 9.06. The summed E-state index contributed by atoms with van der Waals surface area (Å²) in [5.41, 5.74) is 1.40. The first kappa shape index (κ1) is 11.9. The van der Waals surface area contributed by atoms with E-state index in [1.165, 1.54) is 0 Å². The van der Waals surface area contributed by atoms with Crippen molar-refractivity contribution in [3.8, 4) is 6.07 Å². The first-order valence-electron chi connectivity index (χ1n) is 5.32. The van der Waals surface area contributed by atoms with Crippen LogP contribution in [0.3, 0.4) is 0 Å². The first-order valence-corrected chi connectivity index (χ1v) is 6.12. The molecular formula is C12H11BrN2O2. The van der Waals surface area contributed by atoms with Crippen molar-refractivity contribution < 1.29 is 9.90 Å². The first-order chi connectivity index (χ1) is 8.13. The number of carboxylic acid groups (broad SMARTS) is 1. The normalized spacial score (nSPS) is 19.1. The number of nitrogens with zero attached hydrogens (tertiary/aromatic N) is 2. The number of anilines is 1. The third-order valence-electron chi connectivity index (χ3n) is 2.92. The number of halogens is 1. The number of carbonyl (C=O) groups is 1. The van der Waals surface area contributed by atoms with E-state index in [2.05, 4.69) is 22.0 Å². The van der Waals surface area contributed by atoms with Gasteiger partial charge in [0.05, 0.1) is 17.3 Å². The molecule has 1 heterocycles. The summed E-state index contributed by atoms with van der Waals surface area (Å²) in [6, 6.07) is 6.81. The summed E-state index contributed by atoms with van der Waals surface area (Å²) in [5, 5.41) is 17.9. The van der Waals surface area contributed by atoms with E-state index in [-0.39, 0.29) is 0 Å². The van der Waals surface area contributed by atoms with Crippen molar-refractivity contribution in [3.63, 3.8) is 0 Å². The number of carboxylic acids is 1. The topological polar surface area (TPSA) is 64.3 Å². The van der Waals surface area contributed by atoms with Gasteiger partial charge in [0, 0.05) is 11.0 Å². The second-order valence-corrected chi connectivity index (χ2v) is 4.82. The molecule has 0 aromatic heterocycles. The van der Waals surface area contributed by atoms with E-state index in [0.29, 0.717) is 12.0 Å². The van der Waals surface area contributed by atoms with Crippen molar-refractivity contribution in [2.24, 2.45) is 0 Å². The molecule has 17 heavy (non-hydrogen) atoms. The molecule has 1 N–H and O–H groups in total. The van der Waals surface area contributed by atoms with Crippen molar-refractivity contribution in [2.75, 3.05) is 11.4 Å². The summed E-state index contributed by atoms with van der Waals surface area (Å²) in [4.78, 5) is 13.0. The molecule has 2 rings (SSSR count). The van der Waals surface area contributed by atoms with Gasteiger partial charge in [-0.2, -0.15) is 5.26 Å². The molecule has 4 nitrogen and oxygen atoms in total.